The zero-order valence-corrected chi connectivity index (χ0v) is 15.3. The highest BCUT2D eigenvalue weighted by Crippen LogP contribution is 2.36. The molecule has 0 aromatic heterocycles. The Morgan fingerprint density at radius 3 is 2.24 bits per heavy atom. The molecule has 0 saturated heterocycles. The first-order valence-corrected chi connectivity index (χ1v) is 9.86. The van der Waals surface area contributed by atoms with Gasteiger partial charge in [0.05, 0.1) is 0 Å². The molecule has 1 rings (SSSR count). The summed E-state index contributed by atoms with van der Waals surface area (Å²) >= 11 is 0. The van der Waals surface area contributed by atoms with E-state index in [1.165, 1.54) is 77.2 Å². The van der Waals surface area contributed by atoms with Crippen LogP contribution in [0.3, 0.4) is 0 Å². The second kappa shape index (κ2) is 11.5. The fourth-order valence-corrected chi connectivity index (χ4v) is 3.93. The van der Waals surface area contributed by atoms with Crippen LogP contribution in [-0.4, -0.2) is 12.6 Å². The zero-order chi connectivity index (χ0) is 15.5. The van der Waals surface area contributed by atoms with Gasteiger partial charge in [0.1, 0.15) is 0 Å². The Bertz CT molecular complexity index is 236. The molecular weight excluding hydrogens is 254 g/mol. The second-order valence-electron chi connectivity index (χ2n) is 7.91. The highest BCUT2D eigenvalue weighted by atomic mass is 14.9. The van der Waals surface area contributed by atoms with E-state index in [-0.39, 0.29) is 0 Å². The lowest BCUT2D eigenvalue weighted by molar-refractivity contribution is 0.169. The molecule has 1 heteroatoms. The molecule has 0 aromatic carbocycles. The standard InChI is InChI=1S/C20H41N/c1-5-6-7-8-9-10-11-12-19-15-18(4)13-14-20(19)16-21-17(2)3/h17-21H,5-16H2,1-4H3. The van der Waals surface area contributed by atoms with Crippen molar-refractivity contribution in [2.24, 2.45) is 17.8 Å². The van der Waals surface area contributed by atoms with Crippen LogP contribution in [0.25, 0.3) is 0 Å². The van der Waals surface area contributed by atoms with Crippen LogP contribution in [0.4, 0.5) is 0 Å². The van der Waals surface area contributed by atoms with E-state index in [1.54, 1.807) is 0 Å². The van der Waals surface area contributed by atoms with E-state index in [0.29, 0.717) is 6.04 Å². The predicted molar refractivity (Wildman–Crippen MR) is 95.7 cm³/mol. The van der Waals surface area contributed by atoms with Gasteiger partial charge in [-0.05, 0) is 37.1 Å². The van der Waals surface area contributed by atoms with Crippen molar-refractivity contribution < 1.29 is 0 Å². The maximum Gasteiger partial charge on any atom is 0.00104 e. The Labute approximate surface area is 134 Å². The Kier molecular flexibility index (Phi) is 10.4. The molecule has 21 heavy (non-hydrogen) atoms. The van der Waals surface area contributed by atoms with Crippen LogP contribution < -0.4 is 5.32 Å². The summed E-state index contributed by atoms with van der Waals surface area (Å²) in [7, 11) is 0. The van der Waals surface area contributed by atoms with Crippen molar-refractivity contribution in [2.45, 2.75) is 104 Å². The predicted octanol–water partition coefficient (Wildman–Crippen LogP) is 6.18. The van der Waals surface area contributed by atoms with Crippen molar-refractivity contribution in [1.29, 1.82) is 0 Å². The number of hydrogen-bond acceptors (Lipinski definition) is 1. The van der Waals surface area contributed by atoms with Crippen molar-refractivity contribution in [1.82, 2.24) is 5.32 Å². The van der Waals surface area contributed by atoms with E-state index < -0.39 is 0 Å². The van der Waals surface area contributed by atoms with Crippen molar-refractivity contribution in [3.05, 3.63) is 0 Å². The molecule has 0 aliphatic heterocycles. The summed E-state index contributed by atoms with van der Waals surface area (Å²) in [6.45, 7) is 10.6. The average Bonchev–Trinajstić information content (AvgIpc) is 2.45. The van der Waals surface area contributed by atoms with E-state index in [4.69, 9.17) is 0 Å². The number of unbranched alkanes of at least 4 members (excludes halogenated alkanes) is 6. The zero-order valence-electron chi connectivity index (χ0n) is 15.3. The maximum absolute atomic E-state index is 3.68. The van der Waals surface area contributed by atoms with Gasteiger partial charge in [0.25, 0.3) is 0 Å². The summed E-state index contributed by atoms with van der Waals surface area (Å²) < 4.78 is 0. The number of rotatable bonds is 11. The summed E-state index contributed by atoms with van der Waals surface area (Å²) in [5.74, 6) is 2.91. The third-order valence-electron chi connectivity index (χ3n) is 5.37. The Balaban J connectivity index is 2.17. The summed E-state index contributed by atoms with van der Waals surface area (Å²) in [4.78, 5) is 0. The van der Waals surface area contributed by atoms with Crippen LogP contribution in [-0.2, 0) is 0 Å². The van der Waals surface area contributed by atoms with Gasteiger partial charge in [-0.2, -0.15) is 0 Å². The van der Waals surface area contributed by atoms with Gasteiger partial charge in [-0.1, -0.05) is 85.5 Å². The summed E-state index contributed by atoms with van der Waals surface area (Å²) in [5, 5.41) is 3.68. The molecule has 0 amide bonds. The molecule has 1 N–H and O–H groups in total. The average molecular weight is 296 g/mol. The Hall–Kier alpha value is -0.0400. The Morgan fingerprint density at radius 2 is 1.57 bits per heavy atom. The fraction of sp³-hybridized carbons (Fsp3) is 1.00. The van der Waals surface area contributed by atoms with E-state index in [2.05, 4.69) is 33.0 Å². The number of hydrogen-bond donors (Lipinski definition) is 1. The quantitative estimate of drug-likeness (QED) is 0.449. The minimum atomic E-state index is 0.642. The van der Waals surface area contributed by atoms with E-state index in [0.717, 1.165) is 17.8 Å². The van der Waals surface area contributed by atoms with E-state index in [1.807, 2.05) is 0 Å². The van der Waals surface area contributed by atoms with Gasteiger partial charge in [0, 0.05) is 6.04 Å². The summed E-state index contributed by atoms with van der Waals surface area (Å²) in [6.07, 6.45) is 16.0. The molecule has 0 radical (unpaired) electrons. The number of nitrogens with one attached hydrogen (secondary N) is 1. The van der Waals surface area contributed by atoms with Gasteiger partial charge in [0.2, 0.25) is 0 Å². The van der Waals surface area contributed by atoms with Crippen LogP contribution in [0.2, 0.25) is 0 Å². The normalized spacial score (nSPS) is 26.4. The molecule has 0 bridgehead atoms. The molecule has 1 aliphatic rings. The van der Waals surface area contributed by atoms with Crippen molar-refractivity contribution in [2.75, 3.05) is 6.54 Å². The first-order valence-electron chi connectivity index (χ1n) is 9.86. The van der Waals surface area contributed by atoms with Gasteiger partial charge < -0.3 is 5.32 Å². The molecule has 0 spiro atoms. The molecule has 0 aromatic rings. The van der Waals surface area contributed by atoms with Gasteiger partial charge in [-0.25, -0.2) is 0 Å². The first kappa shape index (κ1) is 19.0. The minimum Gasteiger partial charge on any atom is -0.314 e. The lowest BCUT2D eigenvalue weighted by Crippen LogP contribution is -2.35. The van der Waals surface area contributed by atoms with Gasteiger partial charge >= 0.3 is 0 Å². The molecule has 126 valence electrons. The Morgan fingerprint density at radius 1 is 0.905 bits per heavy atom. The highest BCUT2D eigenvalue weighted by Gasteiger charge is 2.27. The van der Waals surface area contributed by atoms with Crippen molar-refractivity contribution in [3.8, 4) is 0 Å². The van der Waals surface area contributed by atoms with Gasteiger partial charge in [0.15, 0.2) is 0 Å². The summed E-state index contributed by atoms with van der Waals surface area (Å²) in [5.41, 5.74) is 0. The minimum absolute atomic E-state index is 0.642. The van der Waals surface area contributed by atoms with Crippen LogP contribution >= 0.6 is 0 Å². The molecule has 1 fully saturated rings. The second-order valence-corrected chi connectivity index (χ2v) is 7.91. The molecule has 1 nitrogen and oxygen atoms in total. The first-order chi connectivity index (χ1) is 10.1. The van der Waals surface area contributed by atoms with Gasteiger partial charge in [-0.15, -0.1) is 0 Å². The summed E-state index contributed by atoms with van der Waals surface area (Å²) in [6, 6.07) is 0.642. The highest BCUT2D eigenvalue weighted by molar-refractivity contribution is 4.80. The molecule has 1 saturated carbocycles. The largest absolute Gasteiger partial charge is 0.314 e. The van der Waals surface area contributed by atoms with Crippen LogP contribution in [0.15, 0.2) is 0 Å². The molecule has 3 unspecified atom stereocenters. The lowest BCUT2D eigenvalue weighted by Gasteiger charge is -2.35. The van der Waals surface area contributed by atoms with Crippen LogP contribution in [0, 0.1) is 17.8 Å². The van der Waals surface area contributed by atoms with E-state index >= 15 is 0 Å². The topological polar surface area (TPSA) is 12.0 Å². The maximum atomic E-state index is 3.68. The molecule has 1 aliphatic carbocycles. The third-order valence-corrected chi connectivity index (χ3v) is 5.37. The van der Waals surface area contributed by atoms with Gasteiger partial charge in [-0.3, -0.25) is 0 Å². The molecule has 3 atom stereocenters. The molecule has 0 heterocycles. The van der Waals surface area contributed by atoms with Crippen LogP contribution in [0.1, 0.15) is 98.3 Å². The monoisotopic (exact) mass is 295 g/mol. The fourth-order valence-electron chi connectivity index (χ4n) is 3.93. The smallest absolute Gasteiger partial charge is 0.00104 e. The lowest BCUT2D eigenvalue weighted by atomic mass is 9.72. The SMILES string of the molecule is CCCCCCCCCC1CC(C)CCC1CNC(C)C. The van der Waals surface area contributed by atoms with Crippen molar-refractivity contribution in [3.63, 3.8) is 0 Å². The van der Waals surface area contributed by atoms with Crippen LogP contribution in [0.5, 0.6) is 0 Å². The molecular formula is C20H41N. The third kappa shape index (κ3) is 8.86. The van der Waals surface area contributed by atoms with E-state index in [9.17, 15) is 0 Å². The van der Waals surface area contributed by atoms with Crippen molar-refractivity contribution >= 4 is 0 Å².